The van der Waals surface area contributed by atoms with Crippen LogP contribution in [0.4, 0.5) is 0 Å². The highest BCUT2D eigenvalue weighted by atomic mass is 35.5. The molecule has 0 radical (unpaired) electrons. The van der Waals surface area contributed by atoms with E-state index in [1.54, 1.807) is 0 Å². The van der Waals surface area contributed by atoms with Crippen LogP contribution in [0.5, 0.6) is 0 Å². The van der Waals surface area contributed by atoms with E-state index >= 15 is 0 Å². The number of hydrogen-bond acceptors (Lipinski definition) is 1. The lowest BCUT2D eigenvalue weighted by Gasteiger charge is -2.27. The van der Waals surface area contributed by atoms with E-state index < -0.39 is 0 Å². The van der Waals surface area contributed by atoms with Crippen molar-refractivity contribution in [2.24, 2.45) is 5.92 Å². The first-order chi connectivity index (χ1) is 5.84. The van der Waals surface area contributed by atoms with Crippen molar-refractivity contribution in [3.05, 3.63) is 0 Å². The molecule has 0 aromatic rings. The van der Waals surface area contributed by atoms with Gasteiger partial charge in [-0.15, -0.1) is 11.6 Å². The predicted molar refractivity (Wildman–Crippen MR) is 54.8 cm³/mol. The van der Waals surface area contributed by atoms with Crippen LogP contribution in [-0.4, -0.2) is 18.5 Å². The molecule has 12 heavy (non-hydrogen) atoms. The van der Waals surface area contributed by atoms with Crippen molar-refractivity contribution in [1.29, 1.82) is 0 Å². The number of alkyl halides is 1. The molecular weight excluding hydrogens is 170 g/mol. The van der Waals surface area contributed by atoms with Crippen LogP contribution >= 0.6 is 11.6 Å². The Balaban J connectivity index is 2.11. The SMILES string of the molecule is CCCNCC1CCCCC1Cl. The van der Waals surface area contributed by atoms with Gasteiger partial charge in [0.2, 0.25) is 0 Å². The van der Waals surface area contributed by atoms with Gasteiger partial charge in [-0.1, -0.05) is 19.8 Å². The first kappa shape index (κ1) is 10.3. The normalized spacial score (nSPS) is 30.5. The molecular formula is C10H20ClN. The highest BCUT2D eigenvalue weighted by molar-refractivity contribution is 6.20. The summed E-state index contributed by atoms with van der Waals surface area (Å²) in [5.74, 6) is 0.729. The first-order valence-electron chi connectivity index (χ1n) is 5.19. The molecule has 0 aromatic heterocycles. The highest BCUT2D eigenvalue weighted by Crippen LogP contribution is 2.27. The molecule has 1 nitrogen and oxygen atoms in total. The molecule has 1 aliphatic carbocycles. The lowest BCUT2D eigenvalue weighted by Crippen LogP contribution is -2.31. The van der Waals surface area contributed by atoms with Crippen LogP contribution in [0.3, 0.4) is 0 Å². The zero-order chi connectivity index (χ0) is 8.81. The lowest BCUT2D eigenvalue weighted by atomic mass is 9.89. The summed E-state index contributed by atoms with van der Waals surface area (Å²) in [4.78, 5) is 0. The summed E-state index contributed by atoms with van der Waals surface area (Å²) in [6, 6.07) is 0. The molecule has 0 aromatic carbocycles. The summed E-state index contributed by atoms with van der Waals surface area (Å²) >= 11 is 6.22. The average Bonchev–Trinajstić information content (AvgIpc) is 2.09. The minimum Gasteiger partial charge on any atom is -0.316 e. The van der Waals surface area contributed by atoms with Gasteiger partial charge in [0, 0.05) is 5.38 Å². The summed E-state index contributed by atoms with van der Waals surface area (Å²) in [7, 11) is 0. The second-order valence-corrected chi connectivity index (χ2v) is 4.33. The van der Waals surface area contributed by atoms with E-state index in [9.17, 15) is 0 Å². The standard InChI is InChI=1S/C10H20ClN/c1-2-7-12-8-9-5-3-4-6-10(9)11/h9-10,12H,2-8H2,1H3. The van der Waals surface area contributed by atoms with Crippen molar-refractivity contribution in [3.63, 3.8) is 0 Å². The van der Waals surface area contributed by atoms with Crippen molar-refractivity contribution in [2.75, 3.05) is 13.1 Å². The first-order valence-corrected chi connectivity index (χ1v) is 5.63. The Morgan fingerprint density at radius 2 is 2.08 bits per heavy atom. The van der Waals surface area contributed by atoms with Crippen LogP contribution in [0.1, 0.15) is 39.0 Å². The van der Waals surface area contributed by atoms with E-state index in [1.807, 2.05) is 0 Å². The highest BCUT2D eigenvalue weighted by Gasteiger charge is 2.22. The van der Waals surface area contributed by atoms with Crippen LogP contribution in [0, 0.1) is 5.92 Å². The van der Waals surface area contributed by atoms with Crippen LogP contribution < -0.4 is 5.32 Å². The minimum absolute atomic E-state index is 0.433. The minimum atomic E-state index is 0.433. The van der Waals surface area contributed by atoms with Gasteiger partial charge in [0.15, 0.2) is 0 Å². The van der Waals surface area contributed by atoms with Crippen molar-refractivity contribution in [3.8, 4) is 0 Å². The van der Waals surface area contributed by atoms with E-state index in [2.05, 4.69) is 12.2 Å². The maximum Gasteiger partial charge on any atom is 0.0376 e. The largest absolute Gasteiger partial charge is 0.316 e. The quantitative estimate of drug-likeness (QED) is 0.530. The molecule has 2 heteroatoms. The molecule has 0 aliphatic heterocycles. The van der Waals surface area contributed by atoms with Gasteiger partial charge in [-0.3, -0.25) is 0 Å². The van der Waals surface area contributed by atoms with Crippen molar-refractivity contribution in [2.45, 2.75) is 44.4 Å². The smallest absolute Gasteiger partial charge is 0.0376 e. The Labute approximate surface area is 80.9 Å². The topological polar surface area (TPSA) is 12.0 Å². The van der Waals surface area contributed by atoms with E-state index in [0.29, 0.717) is 5.38 Å². The molecule has 0 spiro atoms. The Morgan fingerprint density at radius 1 is 1.33 bits per heavy atom. The summed E-state index contributed by atoms with van der Waals surface area (Å²) in [6.45, 7) is 4.47. The summed E-state index contributed by atoms with van der Waals surface area (Å²) in [5.41, 5.74) is 0. The Bertz CT molecular complexity index is 116. The van der Waals surface area contributed by atoms with Crippen molar-refractivity contribution in [1.82, 2.24) is 5.32 Å². The third-order valence-electron chi connectivity index (χ3n) is 2.65. The Morgan fingerprint density at radius 3 is 2.75 bits per heavy atom. The van der Waals surface area contributed by atoms with Crippen LogP contribution in [0.2, 0.25) is 0 Å². The van der Waals surface area contributed by atoms with Gasteiger partial charge < -0.3 is 5.32 Å². The van der Waals surface area contributed by atoms with Gasteiger partial charge in [-0.2, -0.15) is 0 Å². The fourth-order valence-electron chi connectivity index (χ4n) is 1.86. The second kappa shape index (κ2) is 5.82. The third-order valence-corrected chi connectivity index (χ3v) is 3.22. The zero-order valence-electron chi connectivity index (χ0n) is 7.98. The molecule has 0 saturated heterocycles. The average molecular weight is 190 g/mol. The number of hydrogen-bond donors (Lipinski definition) is 1. The van der Waals surface area contributed by atoms with E-state index in [1.165, 1.54) is 32.1 Å². The van der Waals surface area contributed by atoms with Gasteiger partial charge in [0.05, 0.1) is 0 Å². The van der Waals surface area contributed by atoms with Crippen molar-refractivity contribution < 1.29 is 0 Å². The molecule has 0 heterocycles. The van der Waals surface area contributed by atoms with E-state index in [0.717, 1.165) is 19.0 Å². The monoisotopic (exact) mass is 189 g/mol. The van der Waals surface area contributed by atoms with Crippen LogP contribution in [-0.2, 0) is 0 Å². The zero-order valence-corrected chi connectivity index (χ0v) is 8.74. The fourth-order valence-corrected chi connectivity index (χ4v) is 2.23. The van der Waals surface area contributed by atoms with Gasteiger partial charge >= 0.3 is 0 Å². The van der Waals surface area contributed by atoms with Crippen LogP contribution in [0.15, 0.2) is 0 Å². The molecule has 1 N–H and O–H groups in total. The van der Waals surface area contributed by atoms with Gasteiger partial charge in [-0.05, 0) is 38.3 Å². The van der Waals surface area contributed by atoms with Gasteiger partial charge in [0.25, 0.3) is 0 Å². The maximum atomic E-state index is 6.22. The molecule has 1 rings (SSSR count). The number of nitrogens with one attached hydrogen (secondary N) is 1. The lowest BCUT2D eigenvalue weighted by molar-refractivity contribution is 0.349. The molecule has 1 aliphatic rings. The fraction of sp³-hybridized carbons (Fsp3) is 1.00. The molecule has 2 unspecified atom stereocenters. The Hall–Kier alpha value is 0.250. The van der Waals surface area contributed by atoms with E-state index in [-0.39, 0.29) is 0 Å². The van der Waals surface area contributed by atoms with E-state index in [4.69, 9.17) is 11.6 Å². The molecule has 1 fully saturated rings. The Kier molecular flexibility index (Phi) is 5.01. The molecule has 0 bridgehead atoms. The third kappa shape index (κ3) is 3.32. The second-order valence-electron chi connectivity index (χ2n) is 3.76. The number of halogens is 1. The molecule has 2 atom stereocenters. The molecule has 1 saturated carbocycles. The maximum absolute atomic E-state index is 6.22. The van der Waals surface area contributed by atoms with Crippen LogP contribution in [0.25, 0.3) is 0 Å². The summed E-state index contributed by atoms with van der Waals surface area (Å²) < 4.78 is 0. The predicted octanol–water partition coefficient (Wildman–Crippen LogP) is 2.78. The summed E-state index contributed by atoms with van der Waals surface area (Å²) in [6.07, 6.45) is 6.48. The van der Waals surface area contributed by atoms with Gasteiger partial charge in [0.1, 0.15) is 0 Å². The molecule has 0 amide bonds. The molecule has 72 valence electrons. The number of rotatable bonds is 4. The van der Waals surface area contributed by atoms with Crippen molar-refractivity contribution >= 4 is 11.6 Å². The van der Waals surface area contributed by atoms with Gasteiger partial charge in [-0.25, -0.2) is 0 Å². The summed E-state index contributed by atoms with van der Waals surface area (Å²) in [5, 5.41) is 3.88.